The molecule has 0 unspecified atom stereocenters. The van der Waals surface area contributed by atoms with Gasteiger partial charge in [0.2, 0.25) is 0 Å². The lowest BCUT2D eigenvalue weighted by Gasteiger charge is -2.06. The maximum atomic E-state index is 5.69. The summed E-state index contributed by atoms with van der Waals surface area (Å²) in [6.07, 6.45) is 4.71. The third-order valence-electron chi connectivity index (χ3n) is 3.18. The van der Waals surface area contributed by atoms with Crippen molar-refractivity contribution in [1.82, 2.24) is 20.6 Å². The van der Waals surface area contributed by atoms with Crippen molar-refractivity contribution in [1.29, 1.82) is 0 Å². The minimum Gasteiger partial charge on any atom is -0.494 e. The van der Waals surface area contributed by atoms with Crippen LogP contribution >= 0.6 is 0 Å². The lowest BCUT2D eigenvalue weighted by molar-refractivity contribution is 0.310. The van der Waals surface area contributed by atoms with Crippen molar-refractivity contribution >= 4 is 0 Å². The second-order valence-corrected chi connectivity index (χ2v) is 4.86. The highest BCUT2D eigenvalue weighted by molar-refractivity contribution is 5.27. The Morgan fingerprint density at radius 2 is 1.95 bits per heavy atom. The van der Waals surface area contributed by atoms with E-state index in [1.807, 2.05) is 12.1 Å². The normalized spacial score (nSPS) is 11.1. The summed E-state index contributed by atoms with van der Waals surface area (Å²) in [5, 5.41) is 20.7. The summed E-state index contributed by atoms with van der Waals surface area (Å²) >= 11 is 0. The number of ether oxygens (including phenoxy) is 1. The van der Waals surface area contributed by atoms with E-state index in [1.54, 1.807) is 0 Å². The van der Waals surface area contributed by atoms with Crippen LogP contribution < -0.4 is 10.6 Å². The van der Waals surface area contributed by atoms with Gasteiger partial charge in [-0.15, -0.1) is 10.2 Å². The zero-order valence-corrected chi connectivity index (χ0v) is 12.5. The summed E-state index contributed by atoms with van der Waals surface area (Å²) in [5.74, 6) is 6.55. The largest absolute Gasteiger partial charge is 0.494 e. The first-order valence-electron chi connectivity index (χ1n) is 7.39. The van der Waals surface area contributed by atoms with Gasteiger partial charge in [-0.05, 0) is 43.4 Å². The molecule has 1 aromatic heterocycles. The van der Waals surface area contributed by atoms with Crippen molar-refractivity contribution < 1.29 is 4.74 Å². The molecule has 2 aromatic rings. The van der Waals surface area contributed by atoms with Crippen molar-refractivity contribution in [2.45, 2.75) is 32.1 Å². The Bertz CT molecular complexity index is 539. The second kappa shape index (κ2) is 9.43. The van der Waals surface area contributed by atoms with E-state index in [9.17, 15) is 0 Å². The molecule has 8 nitrogen and oxygen atoms in total. The number of benzene rings is 1. The third-order valence-corrected chi connectivity index (χ3v) is 3.18. The smallest absolute Gasteiger partial charge is 0.174 e. The van der Waals surface area contributed by atoms with Crippen LogP contribution in [0.2, 0.25) is 0 Å². The molecule has 0 aliphatic heterocycles. The molecule has 0 spiro atoms. The quantitative estimate of drug-likeness (QED) is 0.301. The Morgan fingerprint density at radius 3 is 2.68 bits per heavy atom. The number of aromatic amines is 1. The van der Waals surface area contributed by atoms with Crippen LogP contribution in [0.25, 0.3) is 0 Å². The fourth-order valence-corrected chi connectivity index (χ4v) is 2.03. The number of rotatable bonds is 10. The number of H-pyrrole nitrogens is 1. The number of nitrogens with two attached hydrogens (primary N) is 1. The zero-order chi connectivity index (χ0) is 15.5. The Hall–Kier alpha value is -2.51. The predicted octanol–water partition coefficient (Wildman–Crippen LogP) is 1.86. The summed E-state index contributed by atoms with van der Waals surface area (Å²) in [6, 6.07) is 8.20. The fourth-order valence-electron chi connectivity index (χ4n) is 2.03. The molecule has 22 heavy (non-hydrogen) atoms. The van der Waals surface area contributed by atoms with Crippen molar-refractivity contribution in [2.75, 3.05) is 13.2 Å². The van der Waals surface area contributed by atoms with Gasteiger partial charge < -0.3 is 10.6 Å². The van der Waals surface area contributed by atoms with Crippen molar-refractivity contribution in [3.8, 4) is 5.75 Å². The molecule has 0 fully saturated rings. The molecule has 0 saturated heterocycles. The molecule has 118 valence electrons. The Balaban J connectivity index is 1.61. The molecular formula is C14H21N7O. The van der Waals surface area contributed by atoms with Gasteiger partial charge in [-0.2, -0.15) is 10.3 Å². The van der Waals surface area contributed by atoms with Gasteiger partial charge in [-0.3, -0.25) is 0 Å². The van der Waals surface area contributed by atoms with Crippen LogP contribution in [0, 0.1) is 0 Å². The molecule has 8 heteroatoms. The van der Waals surface area contributed by atoms with Crippen LogP contribution in [-0.2, 0) is 12.8 Å². The molecule has 2 rings (SSSR count). The van der Waals surface area contributed by atoms with Crippen LogP contribution in [0.5, 0.6) is 5.75 Å². The van der Waals surface area contributed by atoms with E-state index in [2.05, 4.69) is 43.1 Å². The molecule has 0 aliphatic carbocycles. The maximum absolute atomic E-state index is 5.69. The van der Waals surface area contributed by atoms with Crippen molar-refractivity contribution in [2.24, 2.45) is 16.2 Å². The van der Waals surface area contributed by atoms with E-state index in [4.69, 9.17) is 10.6 Å². The van der Waals surface area contributed by atoms with E-state index < -0.39 is 0 Å². The summed E-state index contributed by atoms with van der Waals surface area (Å²) in [5.41, 5.74) is 1.30. The average molecular weight is 303 g/mol. The first-order valence-corrected chi connectivity index (χ1v) is 7.39. The van der Waals surface area contributed by atoms with Gasteiger partial charge in [0.05, 0.1) is 13.2 Å². The van der Waals surface area contributed by atoms with Crippen molar-refractivity contribution in [3.05, 3.63) is 35.7 Å². The highest BCUT2D eigenvalue weighted by atomic mass is 16.5. The molecule has 0 aliphatic rings. The number of unbranched alkanes of at least 4 members (excludes halogenated alkanes) is 1. The van der Waals surface area contributed by atoms with Gasteiger partial charge in [-0.25, -0.2) is 0 Å². The molecule has 0 saturated carbocycles. The summed E-state index contributed by atoms with van der Waals surface area (Å²) < 4.78 is 5.69. The van der Waals surface area contributed by atoms with E-state index in [0.29, 0.717) is 19.0 Å². The van der Waals surface area contributed by atoms with Crippen LogP contribution in [0.4, 0.5) is 0 Å². The molecular weight excluding hydrogens is 282 g/mol. The summed E-state index contributed by atoms with van der Waals surface area (Å²) in [4.78, 5) is 0. The zero-order valence-electron chi connectivity index (χ0n) is 12.5. The number of nitrogens with one attached hydrogen (secondary N) is 1. The number of tetrazole rings is 1. The maximum Gasteiger partial charge on any atom is 0.174 e. The van der Waals surface area contributed by atoms with Crippen LogP contribution in [0.1, 0.15) is 30.7 Å². The lowest BCUT2D eigenvalue weighted by atomic mass is 10.1. The van der Waals surface area contributed by atoms with E-state index in [1.165, 1.54) is 5.56 Å². The number of hydrogen-bond acceptors (Lipinski definition) is 6. The van der Waals surface area contributed by atoms with Crippen LogP contribution in [-0.4, -0.2) is 33.8 Å². The van der Waals surface area contributed by atoms with Gasteiger partial charge in [0.15, 0.2) is 5.82 Å². The third kappa shape index (κ3) is 5.86. The van der Waals surface area contributed by atoms with Gasteiger partial charge in [0.25, 0.3) is 0 Å². The first-order chi connectivity index (χ1) is 10.9. The van der Waals surface area contributed by atoms with E-state index in [-0.39, 0.29) is 0 Å². The van der Waals surface area contributed by atoms with Gasteiger partial charge in [0, 0.05) is 6.42 Å². The van der Waals surface area contributed by atoms with E-state index >= 15 is 0 Å². The van der Waals surface area contributed by atoms with Gasteiger partial charge >= 0.3 is 0 Å². The number of nitrogens with zero attached hydrogens (tertiary/aromatic N) is 5. The highest BCUT2D eigenvalue weighted by Gasteiger charge is 1.99. The lowest BCUT2D eigenvalue weighted by Crippen LogP contribution is -2.00. The second-order valence-electron chi connectivity index (χ2n) is 4.86. The molecule has 3 N–H and O–H groups in total. The SMILES string of the molecule is NN=NCCCCc1ccc(OCCCc2nn[nH]n2)cc1. The number of aryl methyl sites for hydroxylation is 2. The van der Waals surface area contributed by atoms with Crippen LogP contribution in [0.3, 0.4) is 0 Å². The standard InChI is InChI=1S/C14H21N7O/c15-19-16-10-2-1-4-12-6-8-13(9-7-12)22-11-3-5-14-17-20-21-18-14/h6-9H,1-5,10-11H2,(H2,15,16)(H,17,18,20,21). The highest BCUT2D eigenvalue weighted by Crippen LogP contribution is 2.14. The Kier molecular flexibility index (Phi) is 6.80. The van der Waals surface area contributed by atoms with Gasteiger partial charge in [-0.1, -0.05) is 22.6 Å². The molecule has 0 radical (unpaired) electrons. The summed E-state index contributed by atoms with van der Waals surface area (Å²) in [6.45, 7) is 1.33. The topological polar surface area (TPSA) is 114 Å². The monoisotopic (exact) mass is 303 g/mol. The Morgan fingerprint density at radius 1 is 1.09 bits per heavy atom. The van der Waals surface area contributed by atoms with Crippen molar-refractivity contribution in [3.63, 3.8) is 0 Å². The predicted molar refractivity (Wildman–Crippen MR) is 81.3 cm³/mol. The number of aromatic nitrogens is 4. The minimum absolute atomic E-state index is 0.637. The van der Waals surface area contributed by atoms with Crippen LogP contribution in [0.15, 0.2) is 34.6 Å². The van der Waals surface area contributed by atoms with Gasteiger partial charge in [0.1, 0.15) is 5.75 Å². The molecule has 0 bridgehead atoms. The van der Waals surface area contributed by atoms with E-state index in [0.717, 1.165) is 37.9 Å². The fraction of sp³-hybridized carbons (Fsp3) is 0.500. The molecule has 1 aromatic carbocycles. The first kappa shape index (κ1) is 15.9. The molecule has 0 amide bonds. The molecule has 1 heterocycles. The molecule has 0 atom stereocenters. The summed E-state index contributed by atoms with van der Waals surface area (Å²) in [7, 11) is 0. The average Bonchev–Trinajstić information content (AvgIpc) is 3.06. The minimum atomic E-state index is 0.637. The Labute approximate surface area is 129 Å². The number of hydrogen-bond donors (Lipinski definition) is 2.